The largest absolute Gasteiger partial charge is 0.456 e. The minimum Gasteiger partial charge on any atom is -0.456 e. The summed E-state index contributed by atoms with van der Waals surface area (Å²) in [5.41, 5.74) is 10.1. The molecule has 13 rings (SSSR count). The van der Waals surface area contributed by atoms with Crippen LogP contribution in [0.5, 0.6) is 0 Å². The van der Waals surface area contributed by atoms with Gasteiger partial charge < -0.3 is 8.98 Å². The number of fused-ring (bicyclic) bond motifs is 11. The Morgan fingerprint density at radius 2 is 1.03 bits per heavy atom. The lowest BCUT2D eigenvalue weighted by Gasteiger charge is -2.22. The lowest BCUT2D eigenvalue weighted by molar-refractivity contribution is 0.669. The molecule has 0 bridgehead atoms. The number of aliphatic imine (C=N–C) groups is 2. The highest BCUT2D eigenvalue weighted by Crippen LogP contribution is 2.44. The number of benzene rings is 9. The molecule has 1 unspecified atom stereocenters. The van der Waals surface area contributed by atoms with Crippen LogP contribution >= 0.6 is 0 Å². The van der Waals surface area contributed by atoms with Gasteiger partial charge in [0, 0.05) is 44.0 Å². The maximum Gasteiger partial charge on any atom is 0.162 e. The van der Waals surface area contributed by atoms with E-state index in [9.17, 15) is 0 Å². The summed E-state index contributed by atoms with van der Waals surface area (Å²) in [4.78, 5) is 11.5. The van der Waals surface area contributed by atoms with Crippen molar-refractivity contribution in [2.24, 2.45) is 15.9 Å². The number of furan rings is 1. The monoisotopic (exact) mass is 794 g/mol. The fraction of sp³-hybridized carbons (Fsp3) is 0.0526. The average molecular weight is 795 g/mol. The van der Waals surface area contributed by atoms with Gasteiger partial charge in [-0.2, -0.15) is 0 Å². The van der Waals surface area contributed by atoms with Crippen LogP contribution in [0.1, 0.15) is 24.5 Å². The Kier molecular flexibility index (Phi) is 7.58. The van der Waals surface area contributed by atoms with E-state index in [1.54, 1.807) is 0 Å². The van der Waals surface area contributed by atoms with Gasteiger partial charge in [0.25, 0.3) is 0 Å². The summed E-state index contributed by atoms with van der Waals surface area (Å²) in [6.45, 7) is 2.30. The Hall–Kier alpha value is -8.02. The van der Waals surface area contributed by atoms with Gasteiger partial charge in [0.1, 0.15) is 17.0 Å². The first-order chi connectivity index (χ1) is 30.7. The molecule has 5 heteroatoms. The van der Waals surface area contributed by atoms with Gasteiger partial charge >= 0.3 is 0 Å². The molecule has 0 saturated heterocycles. The minimum atomic E-state index is 0.0335. The molecule has 0 fully saturated rings. The topological polar surface area (TPSA) is 47.7 Å². The Morgan fingerprint density at radius 3 is 1.77 bits per heavy atom. The molecule has 0 spiro atoms. The molecule has 12 aromatic rings. The molecule has 0 aliphatic carbocycles. The quantitative estimate of drug-likeness (QED) is 0.176. The number of hydrogen-bond donors (Lipinski definition) is 0. The van der Waals surface area contributed by atoms with Crippen molar-refractivity contribution in [3.8, 4) is 5.69 Å². The van der Waals surface area contributed by atoms with E-state index in [2.05, 4.69) is 204 Å². The van der Waals surface area contributed by atoms with E-state index in [1.165, 1.54) is 32.3 Å². The normalized spacial score (nSPS) is 15.8. The fourth-order valence-corrected chi connectivity index (χ4v) is 10.1. The van der Waals surface area contributed by atoms with Crippen molar-refractivity contribution in [2.75, 3.05) is 0 Å². The molecule has 0 N–H and O–H groups in total. The number of hydrogen-bond acceptors (Lipinski definition) is 3. The Labute approximate surface area is 356 Å². The van der Waals surface area contributed by atoms with Crippen molar-refractivity contribution in [1.29, 1.82) is 0 Å². The summed E-state index contributed by atoms with van der Waals surface area (Å²) >= 11 is 0. The van der Waals surface area contributed by atoms with E-state index < -0.39 is 0 Å². The predicted octanol–water partition coefficient (Wildman–Crippen LogP) is 14.9. The van der Waals surface area contributed by atoms with Crippen LogP contribution in [-0.2, 0) is 0 Å². The summed E-state index contributed by atoms with van der Waals surface area (Å²) in [5.74, 6) is 1.68. The number of amidine groups is 1. The van der Waals surface area contributed by atoms with Gasteiger partial charge in [0.05, 0.1) is 38.8 Å². The van der Waals surface area contributed by atoms with E-state index in [1.807, 2.05) is 6.07 Å². The van der Waals surface area contributed by atoms with Gasteiger partial charge in [0.15, 0.2) is 5.84 Å². The van der Waals surface area contributed by atoms with E-state index >= 15 is 0 Å². The van der Waals surface area contributed by atoms with Gasteiger partial charge in [-0.15, -0.1) is 0 Å². The van der Waals surface area contributed by atoms with Crippen LogP contribution in [0.4, 0.5) is 0 Å². The smallest absolute Gasteiger partial charge is 0.162 e. The number of allylic oxidation sites excluding steroid dienone is 1. The first kappa shape index (κ1) is 34.8. The molecule has 4 heterocycles. The molecule has 1 atom stereocenters. The van der Waals surface area contributed by atoms with Gasteiger partial charge in [-0.3, -0.25) is 4.57 Å². The van der Waals surface area contributed by atoms with Gasteiger partial charge in [-0.05, 0) is 76.5 Å². The second kappa shape index (κ2) is 13.5. The van der Waals surface area contributed by atoms with Crippen molar-refractivity contribution in [3.05, 3.63) is 205 Å². The van der Waals surface area contributed by atoms with Crippen LogP contribution in [0.3, 0.4) is 0 Å². The van der Waals surface area contributed by atoms with Crippen molar-refractivity contribution >= 4 is 104 Å². The van der Waals surface area contributed by atoms with Gasteiger partial charge in [-0.1, -0.05) is 153 Å². The highest BCUT2D eigenvalue weighted by Gasteiger charge is 2.27. The second-order valence-electron chi connectivity index (χ2n) is 16.5. The Balaban J connectivity index is 1.15. The zero-order chi connectivity index (χ0) is 40.9. The molecule has 9 aromatic carbocycles. The first-order valence-corrected chi connectivity index (χ1v) is 21.4. The molecular formula is C57H38N4O. The molecular weight excluding hydrogens is 757 g/mol. The zero-order valence-electron chi connectivity index (χ0n) is 34.0. The van der Waals surface area contributed by atoms with Crippen LogP contribution < -0.4 is 0 Å². The maximum atomic E-state index is 6.66. The van der Waals surface area contributed by atoms with Crippen molar-refractivity contribution in [1.82, 2.24) is 9.13 Å². The zero-order valence-corrected chi connectivity index (χ0v) is 34.0. The Bertz CT molecular complexity index is 3870. The van der Waals surface area contributed by atoms with E-state index in [-0.39, 0.29) is 5.92 Å². The third kappa shape index (κ3) is 5.15. The predicted molar refractivity (Wildman–Crippen MR) is 260 cm³/mol. The highest BCUT2D eigenvalue weighted by molar-refractivity contribution is 6.22. The summed E-state index contributed by atoms with van der Waals surface area (Å²) in [6, 6.07) is 67.2. The second-order valence-corrected chi connectivity index (χ2v) is 16.5. The van der Waals surface area contributed by atoms with Crippen molar-refractivity contribution < 1.29 is 4.42 Å². The number of nitrogens with zero attached hydrogens (tertiary/aromatic N) is 4. The van der Waals surface area contributed by atoms with Crippen LogP contribution in [0.15, 0.2) is 209 Å². The van der Waals surface area contributed by atoms with Crippen LogP contribution in [0.25, 0.3) is 98.5 Å². The number of aromatic nitrogens is 2. The molecule has 1 aliphatic heterocycles. The van der Waals surface area contributed by atoms with E-state index in [4.69, 9.17) is 14.4 Å². The molecule has 3 aromatic heterocycles. The van der Waals surface area contributed by atoms with Crippen LogP contribution in [-0.4, -0.2) is 20.8 Å². The lowest BCUT2D eigenvalue weighted by Crippen LogP contribution is -2.23. The summed E-state index contributed by atoms with van der Waals surface area (Å²) < 4.78 is 11.5. The average Bonchev–Trinajstić information content (AvgIpc) is 3.97. The highest BCUT2D eigenvalue weighted by atomic mass is 16.3. The molecule has 0 saturated carbocycles. The third-order valence-corrected chi connectivity index (χ3v) is 12.9. The van der Waals surface area contributed by atoms with Gasteiger partial charge in [0.2, 0.25) is 0 Å². The SMILES string of the molecule is CC1C/C=C(\c2ccc3oc4ccccc4c3c2-n2c3ccccc3c3cc4ccccc4cc32)N=C(c2cccc3ccccc23)N=C1n1c2ccccc2c2ccccc21. The summed E-state index contributed by atoms with van der Waals surface area (Å²) in [6.07, 6.45) is 3.07. The van der Waals surface area contributed by atoms with E-state index in [0.717, 1.165) is 89.5 Å². The molecule has 0 radical (unpaired) electrons. The van der Waals surface area contributed by atoms with Crippen molar-refractivity contribution in [2.45, 2.75) is 13.3 Å². The molecule has 62 heavy (non-hydrogen) atoms. The third-order valence-electron chi connectivity index (χ3n) is 12.9. The molecule has 5 nitrogen and oxygen atoms in total. The maximum absolute atomic E-state index is 6.66. The minimum absolute atomic E-state index is 0.0335. The Morgan fingerprint density at radius 1 is 0.452 bits per heavy atom. The van der Waals surface area contributed by atoms with Crippen LogP contribution in [0.2, 0.25) is 0 Å². The number of para-hydroxylation sites is 4. The van der Waals surface area contributed by atoms with Crippen molar-refractivity contribution in [3.63, 3.8) is 0 Å². The first-order valence-electron chi connectivity index (χ1n) is 21.4. The van der Waals surface area contributed by atoms with E-state index in [0.29, 0.717) is 5.84 Å². The number of rotatable bonds is 3. The summed E-state index contributed by atoms with van der Waals surface area (Å²) in [7, 11) is 0. The summed E-state index contributed by atoms with van der Waals surface area (Å²) in [5, 5.41) is 11.6. The molecule has 292 valence electrons. The molecule has 0 amide bonds. The van der Waals surface area contributed by atoms with Crippen LogP contribution in [0, 0.1) is 5.92 Å². The fourth-order valence-electron chi connectivity index (χ4n) is 10.1. The standard InChI is InChI=1S/C57H38N4O/c1-35-29-31-47(58-56(43-24-14-18-36-15-4-5-19-39(36)43)59-57(35)61-49-26-11-6-20-40(49)41-21-7-12-27-50(41)61)44-30-32-53-54(45-23-9-13-28-52(45)62-53)55(44)60-48-25-10-8-22-42(48)46-33-37-16-2-3-17-38(37)34-51(46)60/h2-28,30-35H,29H2,1H3/b47-31+,58-56?,59-57?. The molecule has 1 aliphatic rings. The van der Waals surface area contributed by atoms with Gasteiger partial charge in [-0.25, -0.2) is 9.98 Å². The lowest BCUT2D eigenvalue weighted by atomic mass is 9.98.